The Morgan fingerprint density at radius 1 is 0.385 bits per heavy atom. The number of allylic oxidation sites excluding steroid dienone is 1. The van der Waals surface area contributed by atoms with Crippen LogP contribution in [0.2, 0.25) is 0 Å². The fourth-order valence-corrected chi connectivity index (χ4v) is 18.1. The summed E-state index contributed by atoms with van der Waals surface area (Å²) in [5.41, 5.74) is 0. The van der Waals surface area contributed by atoms with Crippen molar-refractivity contribution in [2.75, 3.05) is 52.9 Å². The zero-order chi connectivity index (χ0) is 99.3. The summed E-state index contributed by atoms with van der Waals surface area (Å²) in [7, 11) is 0. The first kappa shape index (κ1) is 117. The minimum Gasteiger partial charge on any atom is -0.477 e. The highest BCUT2D eigenvalue weighted by atomic mass is 16.8. The summed E-state index contributed by atoms with van der Waals surface area (Å²) in [6.45, 7) is -0.578. The molecule has 7 aliphatic heterocycles. The van der Waals surface area contributed by atoms with Gasteiger partial charge in [0.1, 0.15) is 165 Å². The largest absolute Gasteiger partial charge is 0.477 e. The third kappa shape index (κ3) is 34.2. The maximum Gasteiger partial charge on any atom is 0.364 e. The molecule has 784 valence electrons. The van der Waals surface area contributed by atoms with Crippen molar-refractivity contribution in [3.8, 4) is 0 Å². The number of carbonyl (C=O) groups excluding carboxylic acids is 5. The van der Waals surface area contributed by atoms with Crippen molar-refractivity contribution < 1.29 is 202 Å². The Morgan fingerprint density at radius 2 is 0.733 bits per heavy atom. The van der Waals surface area contributed by atoms with Crippen LogP contribution in [0, 0.1) is 0 Å². The van der Waals surface area contributed by atoms with Crippen LogP contribution >= 0.6 is 0 Å². The van der Waals surface area contributed by atoms with E-state index in [9.17, 15) is 136 Å². The van der Waals surface area contributed by atoms with Crippen LogP contribution in [0.3, 0.4) is 0 Å². The van der Waals surface area contributed by atoms with E-state index in [0.717, 1.165) is 91.9 Å². The van der Waals surface area contributed by atoms with E-state index in [0.29, 0.717) is 12.8 Å². The van der Waals surface area contributed by atoms with Gasteiger partial charge in [-0.3, -0.25) is 24.0 Å². The maximum absolute atomic E-state index is 13.9. The molecule has 14 unspecified atom stereocenters. The van der Waals surface area contributed by atoms with E-state index in [2.05, 4.69) is 40.4 Å². The molecule has 7 heterocycles. The van der Waals surface area contributed by atoms with E-state index >= 15 is 0 Å². The van der Waals surface area contributed by atoms with Crippen LogP contribution in [0.1, 0.15) is 228 Å². The first-order valence-electron chi connectivity index (χ1n) is 48.1. The Morgan fingerprint density at radius 3 is 1.15 bits per heavy atom. The Labute approximate surface area is 786 Å². The molecule has 7 fully saturated rings. The molecule has 0 bridgehead atoms. The van der Waals surface area contributed by atoms with Crippen molar-refractivity contribution in [3.05, 3.63) is 12.2 Å². The third-order valence-electron chi connectivity index (χ3n) is 25.6. The second-order valence-corrected chi connectivity index (χ2v) is 36.4. The Balaban J connectivity index is 1.17. The number of rotatable bonds is 60. The second-order valence-electron chi connectivity index (χ2n) is 36.4. The normalized spacial score (nSPS) is 36.7. The molecule has 7 aliphatic rings. The van der Waals surface area contributed by atoms with Crippen LogP contribution in [0.5, 0.6) is 0 Å². The minimum atomic E-state index is -3.46. The lowest BCUT2D eigenvalue weighted by molar-refractivity contribution is -0.404. The summed E-state index contributed by atoms with van der Waals surface area (Å²) in [6, 6.07) is -8.79. The average Bonchev–Trinajstić information content (AvgIpc) is 0.734. The molecular formula is C89H157N5O41. The molecule has 46 heteroatoms. The predicted molar refractivity (Wildman–Crippen MR) is 467 cm³/mol. The van der Waals surface area contributed by atoms with Crippen LogP contribution in [0.4, 0.5) is 0 Å². The van der Waals surface area contributed by atoms with Gasteiger partial charge < -0.3 is 200 Å². The predicted octanol–water partition coefficient (Wildman–Crippen LogP) is -5.11. The van der Waals surface area contributed by atoms with Crippen LogP contribution in [-0.2, 0) is 95.1 Å². The first-order valence-corrected chi connectivity index (χ1v) is 48.1. The quantitative estimate of drug-likeness (QED) is 0.0200. The Hall–Kier alpha value is -4.80. The molecule has 0 aromatic carbocycles. The smallest absolute Gasteiger partial charge is 0.364 e. The van der Waals surface area contributed by atoms with Gasteiger partial charge in [0.25, 0.3) is 5.79 Å². The number of ether oxygens (including phenoxy) is 14. The second kappa shape index (κ2) is 60.0. The van der Waals surface area contributed by atoms with Crippen LogP contribution in [0.25, 0.3) is 0 Å². The lowest BCUT2D eigenvalue weighted by atomic mass is 9.88. The van der Waals surface area contributed by atoms with Gasteiger partial charge in [-0.25, -0.2) is 4.79 Å². The molecule has 7 saturated heterocycles. The molecule has 0 spiro atoms. The van der Waals surface area contributed by atoms with E-state index < -0.39 is 327 Å². The maximum atomic E-state index is 13.9. The molecule has 0 radical (unpaired) electrons. The molecule has 0 aliphatic carbocycles. The number of aliphatic hydroxyl groups excluding tert-OH is 20. The van der Waals surface area contributed by atoms with E-state index in [1.165, 1.54) is 102 Å². The lowest BCUT2D eigenvalue weighted by Gasteiger charge is -2.53. The van der Waals surface area contributed by atoms with Gasteiger partial charge in [0.2, 0.25) is 29.5 Å². The Kier molecular flexibility index (Phi) is 52.0. The van der Waals surface area contributed by atoms with Crippen molar-refractivity contribution in [3.63, 3.8) is 0 Å². The minimum absolute atomic E-state index is 0.110. The molecule has 135 heavy (non-hydrogen) atoms. The summed E-state index contributed by atoms with van der Waals surface area (Å²) in [4.78, 5) is 79.2. The highest BCUT2D eigenvalue weighted by Crippen LogP contribution is 2.43. The van der Waals surface area contributed by atoms with Crippen molar-refractivity contribution in [2.24, 2.45) is 0 Å². The van der Waals surface area contributed by atoms with Crippen LogP contribution in [-0.4, -0.2) is 428 Å². The average molecular weight is 1950 g/mol. The van der Waals surface area contributed by atoms with Crippen molar-refractivity contribution in [1.82, 2.24) is 26.6 Å². The molecule has 46 nitrogen and oxygen atoms in total. The van der Waals surface area contributed by atoms with Gasteiger partial charge in [0.05, 0.1) is 77.1 Å². The fourth-order valence-electron chi connectivity index (χ4n) is 18.1. The number of hydrogen-bond donors (Lipinski definition) is 26. The number of nitrogens with one attached hydrogen (secondary N) is 5. The molecule has 0 saturated carbocycles. The number of carbonyl (C=O) groups is 6. The molecule has 5 amide bonds. The van der Waals surface area contributed by atoms with Crippen molar-refractivity contribution in [1.29, 1.82) is 0 Å². The molecule has 38 atom stereocenters. The molecule has 0 aromatic heterocycles. The van der Waals surface area contributed by atoms with E-state index in [-0.39, 0.29) is 6.42 Å². The summed E-state index contributed by atoms with van der Waals surface area (Å²) in [6.07, 6.45) is -36.5. The van der Waals surface area contributed by atoms with E-state index in [1.807, 2.05) is 0 Å². The first-order chi connectivity index (χ1) is 64.5. The summed E-state index contributed by atoms with van der Waals surface area (Å²) >= 11 is 0. The zero-order valence-corrected chi connectivity index (χ0v) is 78.2. The van der Waals surface area contributed by atoms with Gasteiger partial charge >= 0.3 is 5.97 Å². The number of unbranched alkanes of at least 4 members (excludes halogenated alkanes) is 25. The monoisotopic (exact) mass is 1950 g/mol. The van der Waals surface area contributed by atoms with E-state index in [1.54, 1.807) is 6.08 Å². The fraction of sp³-hybridized carbons (Fsp3) is 0.910. The van der Waals surface area contributed by atoms with Gasteiger partial charge in [-0.05, 0) is 19.3 Å². The third-order valence-corrected chi connectivity index (χ3v) is 25.6. The van der Waals surface area contributed by atoms with Gasteiger partial charge in [0, 0.05) is 40.5 Å². The van der Waals surface area contributed by atoms with Gasteiger partial charge in [-0.1, -0.05) is 180 Å². The number of aliphatic hydroxyl groups is 20. The number of carboxylic acid groups (broad SMARTS) is 1. The van der Waals surface area contributed by atoms with Crippen molar-refractivity contribution in [2.45, 2.75) is 460 Å². The lowest BCUT2D eigenvalue weighted by Crippen LogP contribution is -2.72. The van der Waals surface area contributed by atoms with Crippen molar-refractivity contribution >= 4 is 35.5 Å². The van der Waals surface area contributed by atoms with Crippen LogP contribution in [0.15, 0.2) is 12.2 Å². The van der Waals surface area contributed by atoms with Gasteiger partial charge in [0.15, 0.2) is 37.7 Å². The zero-order valence-electron chi connectivity index (χ0n) is 78.2. The SMILES string of the molecule is CCCCCCCCCCCCC/C=C/[C@@H](O)[C@H](CO[C@@H]1OC(CO)[C@@H](O[C@@H]2OC(CO)[C@H](O[C@@H]3OC(CO)[C@H](O)[C@H](O)C3NC(C)=O)[C@H](O[C@@H]3OC(CO)[C@@H](O[C@@H]4OC(CO)[C@H](O[C@@H]5OC(CO)[C@H](O)[C@H](O)C5NC(C)=O)[C@H](O[C@]5(C(=O)O)CC(O)[C@@H](NC(C)=O)C([C@H](O)[C@H](O)CO)O5)C4O)[C@H](O)C3NC(C)=O)C2O)[C@H](O)C1O)NC(=O)CCCCCCCCCCCCCCCCC. The standard InChI is InChI=1S/C89H157N5O41/c1-7-9-11-13-15-17-19-21-22-24-26-28-30-32-34-36-60(109)94-50(51(106)35-33-31-29-27-25-23-20-18-16-14-12-10-8-2)45-122-85-72(117)71(116)76(57(42-99)126-85)130-86-73(118)80(77(58(43-100)127-86)131-82-62(91-47(4)103)68(113)66(111)54(39-96)123-82)133-84-64(93-49(6)105)70(115)75(56(41-98)125-84)129-87-74(119)81(78(59(44-101)128-87)132-83-63(92-48(5)104)69(114)67(112)55(40-97)124-83)135-89(88(120)121)37-52(107)61(90-46(3)102)79(134-89)65(110)53(108)38-95/h33,35,50-59,61-87,95-101,106-108,110-119H,7-32,34,36-45H2,1-6H3,(H,90,102)(H,91,103)(H,92,104)(H,93,105)(H,94,109)(H,120,121)/b35-33+/t50-,51+,52?,53+,54?,55?,56?,57?,58?,59?,61+,62?,63?,64?,65+,66-,67-,68+,69+,70+,71+,72?,73?,74?,75+,76+,77-,78-,79?,80+,81+,82-,83-,84-,85+,86-,87-,89-/m0/s1. The Bertz CT molecular complexity index is 3430. The number of hydrogen-bond acceptors (Lipinski definition) is 40. The molecular weight excluding hydrogens is 1790 g/mol. The van der Waals surface area contributed by atoms with Gasteiger partial charge in [-0.2, -0.15) is 0 Å². The topological polar surface area (TPSA) is 717 Å². The molecule has 26 N–H and O–H groups in total. The summed E-state index contributed by atoms with van der Waals surface area (Å²) in [5.74, 6) is -9.79. The summed E-state index contributed by atoms with van der Waals surface area (Å²) in [5, 5.41) is 252. The van der Waals surface area contributed by atoms with E-state index in [4.69, 9.17) is 66.3 Å². The highest BCUT2D eigenvalue weighted by molar-refractivity contribution is 5.77. The molecule has 7 rings (SSSR count). The van der Waals surface area contributed by atoms with Gasteiger partial charge in [-0.15, -0.1) is 0 Å². The molecule has 0 aromatic rings. The number of aliphatic carboxylic acids is 1. The highest BCUT2D eigenvalue weighted by Gasteiger charge is 2.64. The van der Waals surface area contributed by atoms with Crippen LogP contribution < -0.4 is 26.6 Å². The number of carboxylic acids is 1. The summed E-state index contributed by atoms with van der Waals surface area (Å²) < 4.78 is 85.9. The number of amides is 5.